The highest BCUT2D eigenvalue weighted by molar-refractivity contribution is 7.20. The molecule has 0 fully saturated rings. The Morgan fingerprint density at radius 3 is 3.19 bits per heavy atom. The monoisotopic (exact) mass is 250 g/mol. The Labute approximate surface area is 101 Å². The van der Waals surface area contributed by atoms with Gasteiger partial charge in [-0.3, -0.25) is 0 Å². The van der Waals surface area contributed by atoms with Gasteiger partial charge in [-0.25, -0.2) is 9.50 Å². The van der Waals surface area contributed by atoms with E-state index in [2.05, 4.69) is 32.9 Å². The van der Waals surface area contributed by atoms with Crippen LogP contribution in [0.2, 0.25) is 0 Å². The Bertz CT molecular complexity index is 562. The number of aryl methyl sites for hydroxylation is 1. The maximum atomic E-state index is 4.40. The standard InChI is InChI=1S/C10H10N4S2/c1-7-6-14-10(12-7)16-9(13-14)11-5-8-3-2-4-15-8/h2-4,6H,5H2,1H3,(H,11,13). The number of nitrogens with zero attached hydrogens (tertiary/aromatic N) is 3. The van der Waals surface area contributed by atoms with Crippen molar-refractivity contribution in [2.45, 2.75) is 13.5 Å². The molecule has 6 heteroatoms. The number of hydrogen-bond donors (Lipinski definition) is 1. The van der Waals surface area contributed by atoms with Crippen LogP contribution in [0, 0.1) is 6.92 Å². The Balaban J connectivity index is 1.77. The summed E-state index contributed by atoms with van der Waals surface area (Å²) in [5, 5.41) is 10.7. The lowest BCUT2D eigenvalue weighted by Crippen LogP contribution is -1.97. The van der Waals surface area contributed by atoms with Crippen LogP contribution in [0.3, 0.4) is 0 Å². The quantitative estimate of drug-likeness (QED) is 0.777. The van der Waals surface area contributed by atoms with Crippen LogP contribution < -0.4 is 5.32 Å². The van der Waals surface area contributed by atoms with Crippen LogP contribution in [-0.4, -0.2) is 14.6 Å². The van der Waals surface area contributed by atoms with Crippen molar-refractivity contribution < 1.29 is 0 Å². The maximum absolute atomic E-state index is 4.40. The van der Waals surface area contributed by atoms with E-state index in [1.54, 1.807) is 22.7 Å². The van der Waals surface area contributed by atoms with Gasteiger partial charge in [-0.15, -0.1) is 16.4 Å². The number of hydrogen-bond acceptors (Lipinski definition) is 5. The van der Waals surface area contributed by atoms with Gasteiger partial charge in [0.15, 0.2) is 0 Å². The first-order valence-corrected chi connectivity index (χ1v) is 6.60. The van der Waals surface area contributed by atoms with Crippen molar-refractivity contribution in [2.24, 2.45) is 0 Å². The van der Waals surface area contributed by atoms with Gasteiger partial charge in [-0.05, 0) is 18.4 Å². The molecule has 0 aliphatic heterocycles. The van der Waals surface area contributed by atoms with Crippen molar-refractivity contribution in [3.05, 3.63) is 34.3 Å². The summed E-state index contributed by atoms with van der Waals surface area (Å²) in [4.78, 5) is 6.61. The average molecular weight is 250 g/mol. The molecule has 82 valence electrons. The van der Waals surface area contributed by atoms with Gasteiger partial charge in [-0.2, -0.15) is 0 Å². The normalized spacial score (nSPS) is 11.1. The predicted molar refractivity (Wildman–Crippen MR) is 67.2 cm³/mol. The van der Waals surface area contributed by atoms with E-state index in [0.29, 0.717) is 0 Å². The van der Waals surface area contributed by atoms with Gasteiger partial charge in [0.1, 0.15) is 0 Å². The first kappa shape index (κ1) is 9.80. The van der Waals surface area contributed by atoms with Gasteiger partial charge in [0.05, 0.1) is 18.4 Å². The number of rotatable bonds is 3. The average Bonchev–Trinajstić information content (AvgIpc) is 2.88. The summed E-state index contributed by atoms with van der Waals surface area (Å²) in [6, 6.07) is 4.17. The third kappa shape index (κ3) is 1.81. The van der Waals surface area contributed by atoms with Crippen LogP contribution in [0.5, 0.6) is 0 Å². The molecule has 0 radical (unpaired) electrons. The first-order valence-electron chi connectivity index (χ1n) is 4.90. The van der Waals surface area contributed by atoms with Crippen molar-refractivity contribution in [3.63, 3.8) is 0 Å². The summed E-state index contributed by atoms with van der Waals surface area (Å²) < 4.78 is 1.82. The fourth-order valence-corrected chi connectivity index (χ4v) is 2.92. The Morgan fingerprint density at radius 1 is 1.50 bits per heavy atom. The zero-order chi connectivity index (χ0) is 11.0. The number of anilines is 1. The molecule has 3 heterocycles. The molecule has 16 heavy (non-hydrogen) atoms. The molecule has 3 rings (SSSR count). The molecule has 0 atom stereocenters. The minimum atomic E-state index is 0.827. The molecular formula is C10H10N4S2. The molecule has 4 nitrogen and oxygen atoms in total. The van der Waals surface area contributed by atoms with E-state index in [4.69, 9.17) is 0 Å². The molecule has 1 N–H and O–H groups in total. The summed E-state index contributed by atoms with van der Waals surface area (Å²) in [5.41, 5.74) is 1.00. The Kier molecular flexibility index (Phi) is 2.37. The van der Waals surface area contributed by atoms with Gasteiger partial charge < -0.3 is 5.32 Å². The van der Waals surface area contributed by atoms with Crippen molar-refractivity contribution in [1.29, 1.82) is 0 Å². The lowest BCUT2D eigenvalue weighted by molar-refractivity contribution is 0.962. The summed E-state index contributed by atoms with van der Waals surface area (Å²) in [5.74, 6) is 0. The molecule has 3 aromatic rings. The van der Waals surface area contributed by atoms with Crippen LogP contribution in [0.4, 0.5) is 5.13 Å². The first-order chi connectivity index (χ1) is 7.81. The van der Waals surface area contributed by atoms with Gasteiger partial charge in [0.25, 0.3) is 0 Å². The van der Waals surface area contributed by atoms with Crippen molar-refractivity contribution >= 4 is 32.8 Å². The van der Waals surface area contributed by atoms with Crippen LogP contribution in [0.1, 0.15) is 10.6 Å². The lowest BCUT2D eigenvalue weighted by Gasteiger charge is -1.97. The molecular weight excluding hydrogens is 240 g/mol. The third-order valence-corrected chi connectivity index (χ3v) is 3.91. The van der Waals surface area contributed by atoms with E-state index in [9.17, 15) is 0 Å². The van der Waals surface area contributed by atoms with E-state index >= 15 is 0 Å². The minimum Gasteiger partial charge on any atom is -0.355 e. The second kappa shape index (κ2) is 3.88. The molecule has 0 saturated carbocycles. The molecule has 0 bridgehead atoms. The highest BCUT2D eigenvalue weighted by atomic mass is 32.1. The predicted octanol–water partition coefficient (Wildman–Crippen LogP) is 2.77. The van der Waals surface area contributed by atoms with Gasteiger partial charge in [0.2, 0.25) is 10.1 Å². The zero-order valence-electron chi connectivity index (χ0n) is 8.67. The van der Waals surface area contributed by atoms with Crippen molar-refractivity contribution in [1.82, 2.24) is 14.6 Å². The van der Waals surface area contributed by atoms with E-state index in [0.717, 1.165) is 22.3 Å². The second-order valence-electron chi connectivity index (χ2n) is 3.45. The summed E-state index contributed by atoms with van der Waals surface area (Å²) in [6.07, 6.45) is 1.93. The van der Waals surface area contributed by atoms with E-state index in [-0.39, 0.29) is 0 Å². The van der Waals surface area contributed by atoms with Crippen molar-refractivity contribution in [3.8, 4) is 0 Å². The molecule has 0 aliphatic rings. The van der Waals surface area contributed by atoms with Gasteiger partial charge in [-0.1, -0.05) is 17.4 Å². The van der Waals surface area contributed by atoms with Crippen LogP contribution >= 0.6 is 22.7 Å². The molecule has 0 aromatic carbocycles. The molecule has 0 saturated heterocycles. The summed E-state index contributed by atoms with van der Waals surface area (Å²) in [6.45, 7) is 2.80. The molecule has 0 unspecified atom stereocenters. The van der Waals surface area contributed by atoms with Crippen molar-refractivity contribution in [2.75, 3.05) is 5.32 Å². The number of aromatic nitrogens is 3. The van der Waals surface area contributed by atoms with Crippen LogP contribution in [0.25, 0.3) is 4.96 Å². The smallest absolute Gasteiger partial charge is 0.214 e. The fraction of sp³-hybridized carbons (Fsp3) is 0.200. The Morgan fingerprint density at radius 2 is 2.44 bits per heavy atom. The number of imidazole rings is 1. The van der Waals surface area contributed by atoms with Crippen LogP contribution in [-0.2, 0) is 6.54 Å². The fourth-order valence-electron chi connectivity index (χ4n) is 1.46. The number of fused-ring (bicyclic) bond motifs is 1. The van der Waals surface area contributed by atoms with E-state index in [1.807, 2.05) is 17.6 Å². The van der Waals surface area contributed by atoms with Crippen LogP contribution in [0.15, 0.2) is 23.7 Å². The third-order valence-electron chi connectivity index (χ3n) is 2.16. The maximum Gasteiger partial charge on any atom is 0.214 e. The topological polar surface area (TPSA) is 42.2 Å². The zero-order valence-corrected chi connectivity index (χ0v) is 10.3. The van der Waals surface area contributed by atoms with E-state index < -0.39 is 0 Å². The molecule has 0 aliphatic carbocycles. The van der Waals surface area contributed by atoms with Gasteiger partial charge >= 0.3 is 0 Å². The summed E-state index contributed by atoms with van der Waals surface area (Å²) in [7, 11) is 0. The molecule has 0 amide bonds. The number of thiophene rings is 1. The largest absolute Gasteiger partial charge is 0.355 e. The number of nitrogens with one attached hydrogen (secondary N) is 1. The highest BCUT2D eigenvalue weighted by Crippen LogP contribution is 2.20. The summed E-state index contributed by atoms with van der Waals surface area (Å²) >= 11 is 3.32. The lowest BCUT2D eigenvalue weighted by atomic mass is 10.5. The molecule has 0 spiro atoms. The highest BCUT2D eigenvalue weighted by Gasteiger charge is 2.05. The Hall–Kier alpha value is -1.40. The minimum absolute atomic E-state index is 0.827. The van der Waals surface area contributed by atoms with Gasteiger partial charge in [0, 0.05) is 4.88 Å². The van der Waals surface area contributed by atoms with E-state index in [1.165, 1.54) is 4.88 Å². The second-order valence-corrected chi connectivity index (χ2v) is 5.44. The molecule has 3 aromatic heterocycles. The SMILES string of the molecule is Cc1cn2nc(NCc3cccs3)sc2n1.